The van der Waals surface area contributed by atoms with E-state index >= 15 is 0 Å². The molecule has 0 amide bonds. The number of benzene rings is 1. The second-order valence-electron chi connectivity index (χ2n) is 3.86. The van der Waals surface area contributed by atoms with Gasteiger partial charge in [-0.05, 0) is 37.1 Å². The van der Waals surface area contributed by atoms with Crippen LogP contribution in [-0.2, 0) is 6.42 Å². The van der Waals surface area contributed by atoms with E-state index in [0.29, 0.717) is 0 Å². The molecule has 0 aliphatic rings. The lowest BCUT2D eigenvalue weighted by Crippen LogP contribution is -1.90. The average molecular weight is 248 g/mol. The molecule has 3 nitrogen and oxygen atoms in total. The van der Waals surface area contributed by atoms with Crippen molar-refractivity contribution >= 4 is 16.3 Å². The Morgan fingerprint density at radius 3 is 2.71 bits per heavy atom. The molecule has 0 aliphatic carbocycles. The van der Waals surface area contributed by atoms with E-state index in [4.69, 9.17) is 10.5 Å². The number of ether oxygens (including phenoxy) is 1. The fraction of sp³-hybridized carbons (Fsp3) is 0.308. The maximum Gasteiger partial charge on any atom is 0.121 e. The van der Waals surface area contributed by atoms with Gasteiger partial charge in [-0.15, -0.1) is 11.3 Å². The molecule has 0 unspecified atom stereocenters. The molecule has 17 heavy (non-hydrogen) atoms. The van der Waals surface area contributed by atoms with Crippen LogP contribution in [0.4, 0.5) is 5.00 Å². The van der Waals surface area contributed by atoms with Gasteiger partial charge in [0, 0.05) is 5.56 Å². The molecule has 2 aromatic rings. The lowest BCUT2D eigenvalue weighted by molar-refractivity contribution is 0.412. The van der Waals surface area contributed by atoms with Crippen LogP contribution in [0.25, 0.3) is 11.3 Å². The van der Waals surface area contributed by atoms with E-state index in [0.717, 1.165) is 39.0 Å². The van der Waals surface area contributed by atoms with E-state index < -0.39 is 0 Å². The van der Waals surface area contributed by atoms with E-state index in [1.165, 1.54) is 0 Å². The van der Waals surface area contributed by atoms with Crippen LogP contribution < -0.4 is 10.5 Å². The number of methoxy groups -OCH3 is 1. The Balaban J connectivity index is 2.45. The molecular formula is C13H16N2OS. The third kappa shape index (κ3) is 2.26. The van der Waals surface area contributed by atoms with Crippen molar-refractivity contribution in [3.8, 4) is 17.0 Å². The molecule has 0 bridgehead atoms. The largest absolute Gasteiger partial charge is 0.496 e. The Kier molecular flexibility index (Phi) is 3.33. The van der Waals surface area contributed by atoms with Gasteiger partial charge < -0.3 is 10.5 Å². The van der Waals surface area contributed by atoms with Crippen LogP contribution in [0.15, 0.2) is 18.2 Å². The van der Waals surface area contributed by atoms with Crippen LogP contribution >= 0.6 is 11.3 Å². The number of nitrogens with zero attached hydrogens (tertiary/aromatic N) is 1. The summed E-state index contributed by atoms with van der Waals surface area (Å²) in [7, 11) is 1.67. The van der Waals surface area contributed by atoms with Gasteiger partial charge in [0.25, 0.3) is 0 Å². The minimum atomic E-state index is 0.784. The van der Waals surface area contributed by atoms with E-state index in [1.807, 2.05) is 19.1 Å². The van der Waals surface area contributed by atoms with Crippen LogP contribution in [0.1, 0.15) is 17.5 Å². The first kappa shape index (κ1) is 11.9. The van der Waals surface area contributed by atoms with Crippen LogP contribution in [0.2, 0.25) is 0 Å². The van der Waals surface area contributed by atoms with Gasteiger partial charge in [0.1, 0.15) is 16.4 Å². The van der Waals surface area contributed by atoms with Crippen molar-refractivity contribution in [2.45, 2.75) is 20.3 Å². The minimum Gasteiger partial charge on any atom is -0.496 e. The summed E-state index contributed by atoms with van der Waals surface area (Å²) in [5.74, 6) is 0.887. The van der Waals surface area contributed by atoms with Crippen molar-refractivity contribution in [1.29, 1.82) is 0 Å². The predicted molar refractivity (Wildman–Crippen MR) is 72.6 cm³/mol. The summed E-state index contributed by atoms with van der Waals surface area (Å²) in [5.41, 5.74) is 9.03. The molecule has 0 saturated carbocycles. The third-order valence-electron chi connectivity index (χ3n) is 2.67. The van der Waals surface area contributed by atoms with Crippen molar-refractivity contribution < 1.29 is 4.74 Å². The summed E-state index contributed by atoms with van der Waals surface area (Å²) >= 11 is 1.56. The lowest BCUT2D eigenvalue weighted by atomic mass is 10.1. The molecule has 0 fully saturated rings. The highest BCUT2D eigenvalue weighted by Crippen LogP contribution is 2.33. The third-order valence-corrected chi connectivity index (χ3v) is 3.70. The monoisotopic (exact) mass is 248 g/mol. The van der Waals surface area contributed by atoms with E-state index in [2.05, 4.69) is 18.0 Å². The van der Waals surface area contributed by atoms with Gasteiger partial charge in [-0.3, -0.25) is 0 Å². The molecule has 0 radical (unpaired) electrons. The zero-order valence-corrected chi connectivity index (χ0v) is 11.1. The maximum atomic E-state index is 5.99. The van der Waals surface area contributed by atoms with Gasteiger partial charge in [-0.25, -0.2) is 4.98 Å². The molecule has 1 heterocycles. The number of hydrogen-bond acceptors (Lipinski definition) is 4. The molecule has 0 spiro atoms. The summed E-state index contributed by atoms with van der Waals surface area (Å²) < 4.78 is 5.24. The number of aromatic nitrogens is 1. The lowest BCUT2D eigenvalue weighted by Gasteiger charge is -2.06. The Bertz CT molecular complexity index is 534. The van der Waals surface area contributed by atoms with Crippen molar-refractivity contribution in [3.05, 3.63) is 28.8 Å². The van der Waals surface area contributed by atoms with E-state index in [9.17, 15) is 0 Å². The number of thiazole rings is 1. The first-order valence-corrected chi connectivity index (χ1v) is 6.37. The molecular weight excluding hydrogens is 232 g/mol. The van der Waals surface area contributed by atoms with E-state index in [1.54, 1.807) is 18.4 Å². The van der Waals surface area contributed by atoms with Crippen LogP contribution in [-0.4, -0.2) is 12.1 Å². The average Bonchev–Trinajstić information content (AvgIpc) is 2.70. The van der Waals surface area contributed by atoms with Gasteiger partial charge in [-0.1, -0.05) is 6.92 Å². The Labute approximate surface area is 105 Å². The molecule has 1 aromatic carbocycles. The summed E-state index contributed by atoms with van der Waals surface area (Å²) in [6.45, 7) is 4.10. The summed E-state index contributed by atoms with van der Waals surface area (Å²) in [6.07, 6.45) is 0.921. The van der Waals surface area contributed by atoms with Crippen molar-refractivity contribution in [2.24, 2.45) is 0 Å². The molecule has 0 atom stereocenters. The molecule has 0 aliphatic heterocycles. The van der Waals surface area contributed by atoms with Gasteiger partial charge in [-0.2, -0.15) is 0 Å². The summed E-state index contributed by atoms with van der Waals surface area (Å²) in [6, 6.07) is 6.01. The number of anilines is 1. The summed E-state index contributed by atoms with van der Waals surface area (Å²) in [4.78, 5) is 4.55. The second-order valence-corrected chi connectivity index (χ2v) is 4.97. The first-order chi connectivity index (χ1) is 8.15. The number of hydrogen-bond donors (Lipinski definition) is 1. The standard InChI is InChI=1S/C13H16N2OS/c1-4-11-15-12(13(14)17-11)9-5-6-10(16-3)8(2)7-9/h5-7H,4,14H2,1-3H3. The quantitative estimate of drug-likeness (QED) is 0.906. The SMILES string of the molecule is CCc1nc(-c2ccc(OC)c(C)c2)c(N)s1. The fourth-order valence-corrected chi connectivity index (χ4v) is 2.56. The highest BCUT2D eigenvalue weighted by molar-refractivity contribution is 7.16. The number of nitrogen functional groups attached to an aromatic ring is 1. The van der Waals surface area contributed by atoms with Crippen molar-refractivity contribution in [2.75, 3.05) is 12.8 Å². The molecule has 4 heteroatoms. The van der Waals surface area contributed by atoms with Gasteiger partial charge in [0.15, 0.2) is 0 Å². The van der Waals surface area contributed by atoms with Crippen molar-refractivity contribution in [3.63, 3.8) is 0 Å². The number of rotatable bonds is 3. The smallest absolute Gasteiger partial charge is 0.121 e. The molecule has 1 aromatic heterocycles. The normalized spacial score (nSPS) is 10.5. The van der Waals surface area contributed by atoms with Crippen LogP contribution in [0.5, 0.6) is 5.75 Å². The van der Waals surface area contributed by atoms with Gasteiger partial charge in [0.2, 0.25) is 0 Å². The van der Waals surface area contributed by atoms with Gasteiger partial charge >= 0.3 is 0 Å². The zero-order valence-electron chi connectivity index (χ0n) is 10.3. The molecule has 2 rings (SSSR count). The minimum absolute atomic E-state index is 0.784. The van der Waals surface area contributed by atoms with Gasteiger partial charge in [0.05, 0.1) is 12.1 Å². The Hall–Kier alpha value is -1.55. The Morgan fingerprint density at radius 1 is 1.41 bits per heavy atom. The topological polar surface area (TPSA) is 48.1 Å². The number of nitrogens with two attached hydrogens (primary N) is 1. The second kappa shape index (κ2) is 4.75. The molecule has 0 saturated heterocycles. The van der Waals surface area contributed by atoms with E-state index in [-0.39, 0.29) is 0 Å². The molecule has 90 valence electrons. The highest BCUT2D eigenvalue weighted by atomic mass is 32.1. The van der Waals surface area contributed by atoms with Crippen molar-refractivity contribution in [1.82, 2.24) is 4.98 Å². The highest BCUT2D eigenvalue weighted by Gasteiger charge is 2.10. The zero-order chi connectivity index (χ0) is 12.4. The summed E-state index contributed by atoms with van der Waals surface area (Å²) in [5, 5.41) is 1.86. The predicted octanol–water partition coefficient (Wildman–Crippen LogP) is 3.27. The molecule has 2 N–H and O–H groups in total. The fourth-order valence-electron chi connectivity index (χ4n) is 1.76. The van der Waals surface area contributed by atoms with Crippen LogP contribution in [0, 0.1) is 6.92 Å². The maximum absolute atomic E-state index is 5.99. The number of aryl methyl sites for hydroxylation is 2. The van der Waals surface area contributed by atoms with Crippen LogP contribution in [0.3, 0.4) is 0 Å². The Morgan fingerprint density at radius 2 is 2.18 bits per heavy atom. The first-order valence-electron chi connectivity index (χ1n) is 5.56.